The molecule has 9 aromatic rings. The number of hydrogen-bond acceptors (Lipinski definition) is 5. The maximum absolute atomic E-state index is 4.33. The van der Waals surface area contributed by atoms with Crippen LogP contribution < -0.4 is 25.3 Å². The van der Waals surface area contributed by atoms with Crippen molar-refractivity contribution in [3.05, 3.63) is 210 Å². The lowest BCUT2D eigenvalue weighted by atomic mass is 9.95. The number of benzene rings is 8. The average Bonchev–Trinajstić information content (AvgIpc) is 3.94. The van der Waals surface area contributed by atoms with Crippen LogP contribution in [0.5, 0.6) is 0 Å². The van der Waals surface area contributed by atoms with Gasteiger partial charge in [0.15, 0.2) is 0 Å². The molecule has 6 nitrogen and oxygen atoms in total. The standard InChI is InChI=1S/C55H46N6/c1-6-45-38(4)37(3)39(5)53-54(45)57-55(56-53)60(43-25-18-23-41(34-43)58(40-21-8-7-9-22-40)48-29-13-10-20-36(48)2)51-32-16-17-33-52(51)61(55)44-26-19-24-42(35-44)59-49-30-14-11-27-46(49)47-28-12-15-31-50(47)59/h6-35,56-57H,1H2,2-5H3. The maximum atomic E-state index is 4.33. The molecule has 6 heteroatoms. The van der Waals surface area contributed by atoms with Gasteiger partial charge in [-0.15, -0.1) is 0 Å². The quantitative estimate of drug-likeness (QED) is 0.168. The van der Waals surface area contributed by atoms with Crippen LogP contribution in [0.4, 0.5) is 51.2 Å². The normalized spacial score (nSPS) is 15.2. The molecule has 61 heavy (non-hydrogen) atoms. The second kappa shape index (κ2) is 14.0. The Kier molecular flexibility index (Phi) is 8.33. The zero-order valence-corrected chi connectivity index (χ0v) is 34.8. The first kappa shape index (κ1) is 36.4. The monoisotopic (exact) mass is 790 g/mol. The number of para-hydroxylation sites is 6. The average molecular weight is 791 g/mol. The number of aryl methyl sites for hydroxylation is 1. The summed E-state index contributed by atoms with van der Waals surface area (Å²) in [6.45, 7) is 13.2. The molecule has 0 saturated heterocycles. The van der Waals surface area contributed by atoms with E-state index in [1.165, 1.54) is 44.1 Å². The lowest BCUT2D eigenvalue weighted by Crippen LogP contribution is -2.62. The van der Waals surface area contributed by atoms with E-state index in [0.29, 0.717) is 0 Å². The molecule has 0 fully saturated rings. The SMILES string of the molecule is C=Cc1c(C)c(C)c(C)c2c1NC1(N2)N(c2cccc(N(c3ccccc3)c3ccccc3C)c2)c2ccccc2N1c1cccc(-n2c3ccccc3c3ccccc32)c1. The molecule has 1 spiro atoms. The van der Waals surface area contributed by atoms with Crippen LogP contribution in [0.1, 0.15) is 27.8 Å². The van der Waals surface area contributed by atoms with Gasteiger partial charge in [0.1, 0.15) is 0 Å². The fraction of sp³-hybridized carbons (Fsp3) is 0.0909. The first-order valence-electron chi connectivity index (χ1n) is 21.0. The third-order valence-electron chi connectivity index (χ3n) is 12.9. The van der Waals surface area contributed by atoms with Crippen LogP contribution in [0.15, 0.2) is 183 Å². The number of aromatic nitrogens is 1. The van der Waals surface area contributed by atoms with E-state index in [2.05, 4.69) is 240 Å². The van der Waals surface area contributed by atoms with E-state index in [9.17, 15) is 0 Å². The van der Waals surface area contributed by atoms with Crippen molar-refractivity contribution in [2.24, 2.45) is 0 Å². The molecule has 0 radical (unpaired) electrons. The van der Waals surface area contributed by atoms with E-state index in [1.54, 1.807) is 0 Å². The maximum Gasteiger partial charge on any atom is 0.282 e. The highest BCUT2D eigenvalue weighted by atomic mass is 15.7. The van der Waals surface area contributed by atoms with Gasteiger partial charge in [0.2, 0.25) is 0 Å². The van der Waals surface area contributed by atoms with Crippen molar-refractivity contribution in [2.75, 3.05) is 25.3 Å². The van der Waals surface area contributed by atoms with Gasteiger partial charge >= 0.3 is 0 Å². The molecule has 2 N–H and O–H groups in total. The zero-order chi connectivity index (χ0) is 41.4. The summed E-state index contributed by atoms with van der Waals surface area (Å²) in [6.07, 6.45) is 1.99. The van der Waals surface area contributed by atoms with Gasteiger partial charge in [0.05, 0.1) is 33.8 Å². The Morgan fingerprint density at radius 3 is 1.70 bits per heavy atom. The van der Waals surface area contributed by atoms with Crippen LogP contribution in [-0.4, -0.2) is 10.5 Å². The summed E-state index contributed by atoms with van der Waals surface area (Å²) in [5.41, 5.74) is 19.0. The van der Waals surface area contributed by atoms with Crippen molar-refractivity contribution in [3.8, 4) is 5.69 Å². The second-order valence-electron chi connectivity index (χ2n) is 16.2. The zero-order valence-electron chi connectivity index (χ0n) is 34.8. The summed E-state index contributed by atoms with van der Waals surface area (Å²) in [6, 6.07) is 63.3. The highest BCUT2D eigenvalue weighted by molar-refractivity contribution is 6.09. The number of hydrogen-bond donors (Lipinski definition) is 2. The van der Waals surface area contributed by atoms with Gasteiger partial charge in [0, 0.05) is 50.5 Å². The fourth-order valence-electron chi connectivity index (χ4n) is 9.83. The third kappa shape index (κ3) is 5.42. The minimum absolute atomic E-state index is 1.01. The Balaban J connectivity index is 1.15. The van der Waals surface area contributed by atoms with E-state index in [-0.39, 0.29) is 0 Å². The van der Waals surface area contributed by atoms with E-state index in [1.807, 2.05) is 6.08 Å². The van der Waals surface area contributed by atoms with E-state index in [0.717, 1.165) is 62.4 Å². The van der Waals surface area contributed by atoms with Gasteiger partial charge < -0.3 is 20.1 Å². The van der Waals surface area contributed by atoms with E-state index < -0.39 is 5.91 Å². The molecule has 0 aliphatic carbocycles. The van der Waals surface area contributed by atoms with Crippen molar-refractivity contribution in [2.45, 2.75) is 33.6 Å². The Hall–Kier alpha value is -7.70. The minimum Gasteiger partial charge on any atom is -0.325 e. The van der Waals surface area contributed by atoms with Gasteiger partial charge in [-0.2, -0.15) is 0 Å². The van der Waals surface area contributed by atoms with E-state index >= 15 is 0 Å². The van der Waals surface area contributed by atoms with Crippen molar-refractivity contribution < 1.29 is 0 Å². The molecule has 0 amide bonds. The van der Waals surface area contributed by atoms with Gasteiger partial charge in [-0.25, -0.2) is 0 Å². The van der Waals surface area contributed by atoms with Crippen LogP contribution in [0.2, 0.25) is 0 Å². The van der Waals surface area contributed by atoms with Crippen molar-refractivity contribution in [1.82, 2.24) is 4.57 Å². The van der Waals surface area contributed by atoms with Crippen LogP contribution in [0.25, 0.3) is 33.6 Å². The number of fused-ring (bicyclic) bond motifs is 5. The predicted molar refractivity (Wildman–Crippen MR) is 258 cm³/mol. The number of rotatable bonds is 7. The predicted octanol–water partition coefficient (Wildman–Crippen LogP) is 14.6. The van der Waals surface area contributed by atoms with Gasteiger partial charge in [0.25, 0.3) is 5.91 Å². The Morgan fingerprint density at radius 1 is 0.492 bits per heavy atom. The summed E-state index contributed by atoms with van der Waals surface area (Å²) >= 11 is 0. The van der Waals surface area contributed by atoms with E-state index in [4.69, 9.17) is 0 Å². The Labute approximate surface area is 357 Å². The Bertz CT molecular complexity index is 3150. The number of anilines is 9. The molecule has 1 aromatic heterocycles. The molecular weight excluding hydrogens is 745 g/mol. The van der Waals surface area contributed by atoms with Crippen molar-refractivity contribution >= 4 is 79.1 Å². The van der Waals surface area contributed by atoms with Crippen LogP contribution >= 0.6 is 0 Å². The minimum atomic E-state index is -1.01. The molecule has 3 heterocycles. The molecule has 0 saturated carbocycles. The van der Waals surface area contributed by atoms with Gasteiger partial charge in [-0.05, 0) is 129 Å². The van der Waals surface area contributed by atoms with Crippen molar-refractivity contribution in [1.29, 1.82) is 0 Å². The fourth-order valence-corrected chi connectivity index (χ4v) is 9.83. The summed E-state index contributed by atoms with van der Waals surface area (Å²) in [7, 11) is 0. The molecule has 8 aromatic carbocycles. The summed E-state index contributed by atoms with van der Waals surface area (Å²) < 4.78 is 2.39. The lowest BCUT2D eigenvalue weighted by molar-refractivity contribution is 0.590. The topological polar surface area (TPSA) is 38.7 Å². The summed E-state index contributed by atoms with van der Waals surface area (Å²) in [5.74, 6) is -1.01. The summed E-state index contributed by atoms with van der Waals surface area (Å²) in [4.78, 5) is 7.24. The number of nitrogens with one attached hydrogen (secondary N) is 2. The molecular formula is C55H46N6. The Morgan fingerprint density at radius 2 is 1.03 bits per heavy atom. The molecule has 0 bridgehead atoms. The van der Waals surface area contributed by atoms with Crippen LogP contribution in [0, 0.1) is 27.7 Å². The molecule has 2 aliphatic rings. The highest BCUT2D eigenvalue weighted by Crippen LogP contribution is 2.58. The van der Waals surface area contributed by atoms with Gasteiger partial charge in [-0.1, -0.05) is 110 Å². The summed E-state index contributed by atoms with van der Waals surface area (Å²) in [5, 5.41) is 10.8. The molecule has 1 atom stereocenters. The molecule has 2 aliphatic heterocycles. The molecule has 11 rings (SSSR count). The largest absolute Gasteiger partial charge is 0.325 e. The lowest BCUT2D eigenvalue weighted by Gasteiger charge is -2.43. The highest BCUT2D eigenvalue weighted by Gasteiger charge is 2.56. The van der Waals surface area contributed by atoms with Crippen LogP contribution in [-0.2, 0) is 0 Å². The first-order chi connectivity index (χ1) is 29.9. The smallest absolute Gasteiger partial charge is 0.282 e. The molecule has 1 unspecified atom stereocenters. The first-order valence-corrected chi connectivity index (χ1v) is 21.0. The second-order valence-corrected chi connectivity index (χ2v) is 16.2. The van der Waals surface area contributed by atoms with Crippen LogP contribution in [0.3, 0.4) is 0 Å². The number of nitrogens with zero attached hydrogens (tertiary/aromatic N) is 4. The molecule has 296 valence electrons. The van der Waals surface area contributed by atoms with Crippen molar-refractivity contribution in [3.63, 3.8) is 0 Å². The third-order valence-corrected chi connectivity index (χ3v) is 12.9. The van der Waals surface area contributed by atoms with Gasteiger partial charge in [-0.3, -0.25) is 9.80 Å².